The summed E-state index contributed by atoms with van der Waals surface area (Å²) < 4.78 is 27.1. The van der Waals surface area contributed by atoms with Crippen LogP contribution in [0, 0.1) is 6.92 Å². The van der Waals surface area contributed by atoms with Gasteiger partial charge in [0.1, 0.15) is 0 Å². The van der Waals surface area contributed by atoms with E-state index in [1.54, 1.807) is 30.8 Å². The first-order valence-electron chi connectivity index (χ1n) is 5.96. The molecule has 20 heavy (non-hydrogen) atoms. The van der Waals surface area contributed by atoms with E-state index in [4.69, 9.17) is 5.73 Å². The number of nitrogens with zero attached hydrogens (tertiary/aromatic N) is 2. The second kappa shape index (κ2) is 4.94. The average molecular weight is 327 g/mol. The molecule has 8 heteroatoms. The third-order valence-electron chi connectivity index (χ3n) is 2.95. The first-order valence-corrected chi connectivity index (χ1v) is 9.20. The Labute approximate surface area is 125 Å². The lowest BCUT2D eigenvalue weighted by Crippen LogP contribution is -2.35. The summed E-state index contributed by atoms with van der Waals surface area (Å²) in [6.45, 7) is 2.24. The van der Waals surface area contributed by atoms with Crippen molar-refractivity contribution in [2.75, 3.05) is 22.3 Å². The lowest BCUT2D eigenvalue weighted by Gasteiger charge is -2.29. The Kier molecular flexibility index (Phi) is 3.39. The van der Waals surface area contributed by atoms with Crippen LogP contribution < -0.4 is 10.0 Å². The smallest absolute Gasteiger partial charge is 0.275 e. The van der Waals surface area contributed by atoms with Crippen LogP contribution in [0.3, 0.4) is 0 Å². The van der Waals surface area contributed by atoms with Gasteiger partial charge in [0.25, 0.3) is 10.0 Å². The van der Waals surface area contributed by atoms with E-state index in [0.717, 1.165) is 15.7 Å². The molecule has 1 aromatic heterocycles. The number of hydrogen-bond acceptors (Lipinski definition) is 6. The van der Waals surface area contributed by atoms with E-state index in [0.29, 0.717) is 17.9 Å². The maximum absolute atomic E-state index is 12.7. The Morgan fingerprint density at radius 3 is 2.90 bits per heavy atom. The van der Waals surface area contributed by atoms with Gasteiger partial charge in [-0.3, -0.25) is 4.31 Å². The molecule has 0 saturated heterocycles. The molecule has 0 saturated carbocycles. The minimum Gasteiger partial charge on any atom is -0.399 e. The van der Waals surface area contributed by atoms with Crippen molar-refractivity contribution in [2.45, 2.75) is 16.0 Å². The van der Waals surface area contributed by atoms with Gasteiger partial charge in [-0.25, -0.2) is 13.4 Å². The zero-order valence-electron chi connectivity index (χ0n) is 10.7. The van der Waals surface area contributed by atoms with Crippen LogP contribution in [-0.4, -0.2) is 25.7 Å². The summed E-state index contributed by atoms with van der Waals surface area (Å²) in [4.78, 5) is 4.97. The van der Waals surface area contributed by atoms with Crippen molar-refractivity contribution in [1.29, 1.82) is 0 Å². The number of anilines is 2. The number of thiazole rings is 1. The highest BCUT2D eigenvalue weighted by molar-refractivity contribution is 8.00. The molecule has 106 valence electrons. The van der Waals surface area contributed by atoms with Gasteiger partial charge in [-0.1, -0.05) is 0 Å². The minimum absolute atomic E-state index is 0.273. The standard InChI is InChI=1S/C12H13N3O2S3/c1-8-14-7-12(19-8)20(16,17)15-4-5-18-11-3-2-9(13)6-10(11)15/h2-3,6-7H,4-5,13H2,1H3. The fourth-order valence-corrected chi connectivity index (χ4v) is 5.88. The number of aryl methyl sites for hydroxylation is 1. The van der Waals surface area contributed by atoms with E-state index in [1.807, 2.05) is 6.07 Å². The topological polar surface area (TPSA) is 76.3 Å². The molecule has 0 radical (unpaired) electrons. The van der Waals surface area contributed by atoms with Crippen molar-refractivity contribution in [3.05, 3.63) is 29.4 Å². The number of aromatic nitrogens is 1. The second-order valence-electron chi connectivity index (χ2n) is 4.35. The molecular weight excluding hydrogens is 314 g/mol. The SMILES string of the molecule is Cc1ncc(S(=O)(=O)N2CCSc3ccc(N)cc32)s1. The molecule has 0 fully saturated rings. The van der Waals surface area contributed by atoms with Crippen molar-refractivity contribution in [3.8, 4) is 0 Å². The third-order valence-corrected chi connectivity index (χ3v) is 7.15. The van der Waals surface area contributed by atoms with Gasteiger partial charge >= 0.3 is 0 Å². The van der Waals surface area contributed by atoms with Crippen LogP contribution in [0.1, 0.15) is 5.01 Å². The maximum atomic E-state index is 12.7. The lowest BCUT2D eigenvalue weighted by molar-refractivity contribution is 0.593. The highest BCUT2D eigenvalue weighted by Crippen LogP contribution is 2.39. The van der Waals surface area contributed by atoms with Crippen LogP contribution in [0.5, 0.6) is 0 Å². The summed E-state index contributed by atoms with van der Waals surface area (Å²) in [5.74, 6) is 0.730. The van der Waals surface area contributed by atoms with Crippen LogP contribution in [0.2, 0.25) is 0 Å². The molecule has 1 aromatic carbocycles. The number of nitrogen functional groups attached to an aromatic ring is 1. The molecule has 2 aromatic rings. The van der Waals surface area contributed by atoms with Crippen molar-refractivity contribution in [3.63, 3.8) is 0 Å². The zero-order valence-corrected chi connectivity index (χ0v) is 13.2. The van der Waals surface area contributed by atoms with Crippen LogP contribution in [0.25, 0.3) is 0 Å². The first kappa shape index (κ1) is 13.7. The van der Waals surface area contributed by atoms with E-state index in [1.165, 1.54) is 21.8 Å². The Morgan fingerprint density at radius 2 is 2.20 bits per heavy atom. The molecule has 2 N–H and O–H groups in total. The van der Waals surface area contributed by atoms with Gasteiger partial charge < -0.3 is 5.73 Å². The number of hydrogen-bond donors (Lipinski definition) is 1. The van der Waals surface area contributed by atoms with Crippen LogP contribution in [0.15, 0.2) is 33.5 Å². The minimum atomic E-state index is -3.55. The lowest BCUT2D eigenvalue weighted by atomic mass is 10.3. The molecule has 5 nitrogen and oxygen atoms in total. The van der Waals surface area contributed by atoms with Gasteiger partial charge in [-0.05, 0) is 25.1 Å². The second-order valence-corrected chi connectivity index (χ2v) is 8.81. The monoisotopic (exact) mass is 327 g/mol. The predicted molar refractivity (Wildman–Crippen MR) is 83.0 cm³/mol. The molecule has 0 atom stereocenters. The first-order chi connectivity index (χ1) is 9.48. The van der Waals surface area contributed by atoms with Gasteiger partial charge in [-0.15, -0.1) is 23.1 Å². The normalized spacial score (nSPS) is 15.2. The Bertz CT molecular complexity index is 755. The fraction of sp³-hybridized carbons (Fsp3) is 0.250. The molecule has 0 bridgehead atoms. The summed E-state index contributed by atoms with van der Waals surface area (Å²) in [5, 5.41) is 0.739. The number of rotatable bonds is 2. The van der Waals surface area contributed by atoms with Crippen molar-refractivity contribution in [2.24, 2.45) is 0 Å². The maximum Gasteiger partial charge on any atom is 0.275 e. The highest BCUT2D eigenvalue weighted by Gasteiger charge is 2.31. The van der Waals surface area contributed by atoms with Gasteiger partial charge in [0.15, 0.2) is 4.21 Å². The van der Waals surface area contributed by atoms with Gasteiger partial charge in [-0.2, -0.15) is 0 Å². The number of nitrogens with two attached hydrogens (primary N) is 1. The van der Waals surface area contributed by atoms with Crippen LogP contribution in [-0.2, 0) is 10.0 Å². The largest absolute Gasteiger partial charge is 0.399 e. The van der Waals surface area contributed by atoms with E-state index >= 15 is 0 Å². The van der Waals surface area contributed by atoms with E-state index < -0.39 is 10.0 Å². The molecule has 0 unspecified atom stereocenters. The van der Waals surface area contributed by atoms with Crippen LogP contribution in [0.4, 0.5) is 11.4 Å². The van der Waals surface area contributed by atoms with Gasteiger partial charge in [0.05, 0.1) is 16.9 Å². The van der Waals surface area contributed by atoms with Gasteiger partial charge in [0, 0.05) is 22.9 Å². The number of fused-ring (bicyclic) bond motifs is 1. The predicted octanol–water partition coefficient (Wildman–Crippen LogP) is 2.33. The molecular formula is C12H13N3O2S3. The Morgan fingerprint density at radius 1 is 1.40 bits per heavy atom. The highest BCUT2D eigenvalue weighted by atomic mass is 32.2. The summed E-state index contributed by atoms with van der Waals surface area (Å²) in [5.41, 5.74) is 7.01. The van der Waals surface area contributed by atoms with Crippen LogP contribution >= 0.6 is 23.1 Å². The van der Waals surface area contributed by atoms with E-state index in [2.05, 4.69) is 4.98 Å². The van der Waals surface area contributed by atoms with Crippen molar-refractivity contribution < 1.29 is 8.42 Å². The summed E-state index contributed by atoms with van der Waals surface area (Å²) in [7, 11) is -3.55. The Balaban J connectivity index is 2.10. The molecule has 3 rings (SSSR count). The van der Waals surface area contributed by atoms with Gasteiger partial charge in [0.2, 0.25) is 0 Å². The number of benzene rings is 1. The Hall–Kier alpha value is -1.25. The number of sulfonamides is 1. The quantitative estimate of drug-likeness (QED) is 0.857. The molecule has 1 aliphatic rings. The summed E-state index contributed by atoms with van der Waals surface area (Å²) in [6.07, 6.45) is 1.42. The molecule has 0 aliphatic carbocycles. The van der Waals surface area contributed by atoms with E-state index in [-0.39, 0.29) is 4.21 Å². The van der Waals surface area contributed by atoms with E-state index in [9.17, 15) is 8.42 Å². The molecule has 0 spiro atoms. The van der Waals surface area contributed by atoms with Crippen molar-refractivity contribution in [1.82, 2.24) is 4.98 Å². The third kappa shape index (κ3) is 2.27. The summed E-state index contributed by atoms with van der Waals surface area (Å²) >= 11 is 2.83. The molecule has 2 heterocycles. The summed E-state index contributed by atoms with van der Waals surface area (Å²) in [6, 6.07) is 5.38. The number of thioether (sulfide) groups is 1. The van der Waals surface area contributed by atoms with Crippen molar-refractivity contribution >= 4 is 44.5 Å². The fourth-order valence-electron chi connectivity index (χ4n) is 2.03. The molecule has 0 amide bonds. The average Bonchev–Trinajstić information content (AvgIpc) is 2.85. The molecule has 1 aliphatic heterocycles. The zero-order chi connectivity index (χ0) is 14.3.